The fourth-order valence-corrected chi connectivity index (χ4v) is 4.58. The van der Waals surface area contributed by atoms with Crippen molar-refractivity contribution in [2.45, 2.75) is 32.5 Å². The number of nitrogens with zero attached hydrogens (tertiary/aromatic N) is 1. The number of fused-ring (bicyclic) bond motifs is 1. The topological polar surface area (TPSA) is 57.2 Å². The first-order valence-corrected chi connectivity index (χ1v) is 12.6. The van der Waals surface area contributed by atoms with Crippen molar-refractivity contribution in [3.8, 4) is 17.2 Å². The minimum absolute atomic E-state index is 0.0328. The van der Waals surface area contributed by atoms with E-state index < -0.39 is 30.8 Å². The molecule has 2 aromatic rings. The van der Waals surface area contributed by atoms with Crippen LogP contribution in [0.5, 0.6) is 17.2 Å². The lowest BCUT2D eigenvalue weighted by atomic mass is 9.96. The van der Waals surface area contributed by atoms with Gasteiger partial charge in [0.2, 0.25) is 0 Å². The molecule has 0 atom stereocenters. The standard InChI is InChI=1S/C28H31F4NO5/c1-2-35-27(34)21-7-10-33(11-8-21)16-20-13-22-4-5-23(15-26(22)38-18-20)37-17-19-3-6-25(36-12-9-29)24(14-19)28(30,31)32/h3-6,13-15,21H,2,7-12,16-18H2,1H3. The van der Waals surface area contributed by atoms with Gasteiger partial charge < -0.3 is 18.9 Å². The normalized spacial score (nSPS) is 16.3. The van der Waals surface area contributed by atoms with Crippen molar-refractivity contribution in [3.05, 3.63) is 58.7 Å². The molecule has 6 nitrogen and oxygen atoms in total. The number of alkyl halides is 4. The van der Waals surface area contributed by atoms with Crippen LogP contribution in [0.15, 0.2) is 42.0 Å². The highest BCUT2D eigenvalue weighted by Gasteiger charge is 2.35. The average molecular weight is 538 g/mol. The molecule has 0 aromatic heterocycles. The third-order valence-corrected chi connectivity index (χ3v) is 6.48. The quantitative estimate of drug-likeness (QED) is 0.287. The Balaban J connectivity index is 1.34. The number of hydrogen-bond acceptors (Lipinski definition) is 6. The highest BCUT2D eigenvalue weighted by Crippen LogP contribution is 2.37. The Morgan fingerprint density at radius 2 is 1.89 bits per heavy atom. The van der Waals surface area contributed by atoms with Crippen LogP contribution in [0.4, 0.5) is 17.6 Å². The number of benzene rings is 2. The number of halogens is 4. The molecule has 0 unspecified atom stereocenters. The maximum Gasteiger partial charge on any atom is 0.419 e. The molecule has 2 heterocycles. The molecule has 10 heteroatoms. The van der Waals surface area contributed by atoms with E-state index in [4.69, 9.17) is 18.9 Å². The fourth-order valence-electron chi connectivity index (χ4n) is 4.58. The molecule has 0 radical (unpaired) electrons. The summed E-state index contributed by atoms with van der Waals surface area (Å²) < 4.78 is 74.3. The lowest BCUT2D eigenvalue weighted by molar-refractivity contribution is -0.149. The van der Waals surface area contributed by atoms with Crippen LogP contribution in [0.3, 0.4) is 0 Å². The average Bonchev–Trinajstić information content (AvgIpc) is 2.91. The first kappa shape index (κ1) is 27.8. The molecule has 1 saturated heterocycles. The minimum Gasteiger partial charge on any atom is -0.490 e. The van der Waals surface area contributed by atoms with Gasteiger partial charge in [0.15, 0.2) is 0 Å². The summed E-state index contributed by atoms with van der Waals surface area (Å²) in [7, 11) is 0. The van der Waals surface area contributed by atoms with Crippen molar-refractivity contribution < 1.29 is 41.3 Å². The van der Waals surface area contributed by atoms with Crippen LogP contribution < -0.4 is 14.2 Å². The largest absolute Gasteiger partial charge is 0.490 e. The lowest BCUT2D eigenvalue weighted by Crippen LogP contribution is -2.38. The SMILES string of the molecule is CCOC(=O)C1CCN(CC2=Cc3ccc(OCc4ccc(OCCF)c(C(F)(F)F)c4)cc3OC2)CC1. The van der Waals surface area contributed by atoms with Crippen LogP contribution >= 0.6 is 0 Å². The third kappa shape index (κ3) is 7.18. The number of ether oxygens (including phenoxy) is 4. The van der Waals surface area contributed by atoms with Gasteiger partial charge in [-0.15, -0.1) is 0 Å². The second-order valence-corrected chi connectivity index (χ2v) is 9.25. The molecular weight excluding hydrogens is 506 g/mol. The van der Waals surface area contributed by atoms with Gasteiger partial charge in [-0.3, -0.25) is 9.69 Å². The monoisotopic (exact) mass is 537 g/mol. The Bertz CT molecular complexity index is 1140. The first-order valence-electron chi connectivity index (χ1n) is 12.6. The van der Waals surface area contributed by atoms with Gasteiger partial charge in [0.25, 0.3) is 0 Å². The molecular formula is C28H31F4NO5. The molecule has 2 aliphatic rings. The Morgan fingerprint density at radius 3 is 2.61 bits per heavy atom. The van der Waals surface area contributed by atoms with Gasteiger partial charge in [-0.05, 0) is 74.3 Å². The van der Waals surface area contributed by atoms with Gasteiger partial charge in [-0.1, -0.05) is 6.07 Å². The van der Waals surface area contributed by atoms with E-state index in [-0.39, 0.29) is 18.5 Å². The smallest absolute Gasteiger partial charge is 0.419 e. The summed E-state index contributed by atoms with van der Waals surface area (Å²) in [6.45, 7) is 3.61. The number of rotatable bonds is 10. The van der Waals surface area contributed by atoms with Crippen LogP contribution in [-0.2, 0) is 22.3 Å². The maximum atomic E-state index is 13.4. The van der Waals surface area contributed by atoms with Crippen molar-refractivity contribution in [2.75, 3.05) is 46.1 Å². The Kier molecular flexibility index (Phi) is 9.14. The van der Waals surface area contributed by atoms with Crippen LogP contribution in [-0.4, -0.2) is 57.0 Å². The molecule has 0 N–H and O–H groups in total. The summed E-state index contributed by atoms with van der Waals surface area (Å²) in [5, 5.41) is 0. The van der Waals surface area contributed by atoms with Gasteiger partial charge in [-0.25, -0.2) is 4.39 Å². The van der Waals surface area contributed by atoms with Crippen LogP contribution in [0.2, 0.25) is 0 Å². The van der Waals surface area contributed by atoms with E-state index in [1.807, 2.05) is 13.0 Å². The predicted molar refractivity (Wildman–Crippen MR) is 133 cm³/mol. The molecule has 0 bridgehead atoms. The van der Waals surface area contributed by atoms with Gasteiger partial charge in [0.05, 0.1) is 18.1 Å². The van der Waals surface area contributed by atoms with Gasteiger partial charge in [0.1, 0.15) is 43.7 Å². The highest BCUT2D eigenvalue weighted by molar-refractivity contribution is 5.72. The van der Waals surface area contributed by atoms with Gasteiger partial charge in [0, 0.05) is 18.2 Å². The van der Waals surface area contributed by atoms with Crippen LogP contribution in [0.1, 0.15) is 36.5 Å². The highest BCUT2D eigenvalue weighted by atomic mass is 19.4. The van der Waals surface area contributed by atoms with E-state index in [0.717, 1.165) is 49.7 Å². The molecule has 0 saturated carbocycles. The number of hydrogen-bond donors (Lipinski definition) is 0. The minimum atomic E-state index is -4.64. The number of piperidine rings is 1. The van der Waals surface area contributed by atoms with Crippen molar-refractivity contribution in [3.63, 3.8) is 0 Å². The summed E-state index contributed by atoms with van der Waals surface area (Å²) in [5.41, 5.74) is 1.35. The molecule has 0 spiro atoms. The number of esters is 1. The zero-order chi connectivity index (χ0) is 27.1. The van der Waals surface area contributed by atoms with E-state index >= 15 is 0 Å². The predicted octanol–water partition coefficient (Wildman–Crippen LogP) is 5.68. The number of likely N-dealkylation sites (tertiary alicyclic amines) is 1. The number of carbonyl (C=O) groups excluding carboxylic acids is 1. The van der Waals surface area contributed by atoms with Gasteiger partial charge in [-0.2, -0.15) is 13.2 Å². The van der Waals surface area contributed by atoms with E-state index in [2.05, 4.69) is 11.0 Å². The zero-order valence-corrected chi connectivity index (χ0v) is 21.2. The molecule has 206 valence electrons. The van der Waals surface area contributed by atoms with Crippen molar-refractivity contribution in [1.29, 1.82) is 0 Å². The fraction of sp³-hybridized carbons (Fsp3) is 0.464. The Morgan fingerprint density at radius 1 is 1.11 bits per heavy atom. The Labute approximate surface area is 219 Å². The van der Waals surface area contributed by atoms with Crippen molar-refractivity contribution >= 4 is 12.0 Å². The number of carbonyl (C=O) groups is 1. The molecule has 2 aliphatic heterocycles. The van der Waals surface area contributed by atoms with Crippen molar-refractivity contribution in [1.82, 2.24) is 4.90 Å². The summed E-state index contributed by atoms with van der Waals surface area (Å²) in [4.78, 5) is 14.2. The molecule has 0 aliphatic carbocycles. The third-order valence-electron chi connectivity index (χ3n) is 6.48. The van der Waals surface area contributed by atoms with E-state index in [1.165, 1.54) is 12.1 Å². The summed E-state index contributed by atoms with van der Waals surface area (Å²) in [5.74, 6) is 0.549. The van der Waals surface area contributed by atoms with Crippen LogP contribution in [0, 0.1) is 5.92 Å². The van der Waals surface area contributed by atoms with E-state index in [0.29, 0.717) is 30.3 Å². The van der Waals surface area contributed by atoms with E-state index in [1.54, 1.807) is 12.1 Å². The lowest BCUT2D eigenvalue weighted by Gasteiger charge is -2.32. The van der Waals surface area contributed by atoms with Gasteiger partial charge >= 0.3 is 12.1 Å². The second-order valence-electron chi connectivity index (χ2n) is 9.25. The molecule has 1 fully saturated rings. The second kappa shape index (κ2) is 12.5. The first-order chi connectivity index (χ1) is 18.3. The molecule has 4 rings (SSSR count). The summed E-state index contributed by atoms with van der Waals surface area (Å²) in [6, 6.07) is 8.91. The maximum absolute atomic E-state index is 13.4. The van der Waals surface area contributed by atoms with Crippen LogP contribution in [0.25, 0.3) is 6.08 Å². The van der Waals surface area contributed by atoms with Crippen molar-refractivity contribution in [2.24, 2.45) is 5.92 Å². The summed E-state index contributed by atoms with van der Waals surface area (Å²) in [6.07, 6.45) is -1.00. The Hall–Kier alpha value is -3.27. The summed E-state index contributed by atoms with van der Waals surface area (Å²) >= 11 is 0. The molecule has 38 heavy (non-hydrogen) atoms. The van der Waals surface area contributed by atoms with E-state index in [9.17, 15) is 22.4 Å². The molecule has 0 amide bonds. The zero-order valence-electron chi connectivity index (χ0n) is 21.2. The molecule has 2 aromatic carbocycles.